The summed E-state index contributed by atoms with van der Waals surface area (Å²) in [7, 11) is 1.28. The number of hydrogen-bond acceptors (Lipinski definition) is 5. The zero-order valence-corrected chi connectivity index (χ0v) is 11.5. The number of carbonyl (C=O) groups excluding carboxylic acids is 1. The number of benzene rings is 1. The van der Waals surface area contributed by atoms with Crippen LogP contribution < -0.4 is 10.1 Å². The first-order valence-electron chi connectivity index (χ1n) is 5.99. The molecular weight excluding hydrogens is 270 g/mol. The average molecular weight is 288 g/mol. The Kier molecular flexibility index (Phi) is 5.92. The van der Waals surface area contributed by atoms with E-state index in [2.05, 4.69) is 10.1 Å². The average Bonchev–Trinajstić information content (AvgIpc) is 2.39. The molecule has 1 aromatic carbocycles. The molecule has 0 aliphatic carbocycles. The Balaban J connectivity index is 0.00000180. The predicted octanol–water partition coefficient (Wildman–Crippen LogP) is 1.73. The number of esters is 1. The second-order valence-corrected chi connectivity index (χ2v) is 4.24. The molecule has 1 saturated heterocycles. The molecular formula is C13H18ClNO4. The summed E-state index contributed by atoms with van der Waals surface area (Å²) in [6, 6.07) is 4.64. The fraction of sp³-hybridized carbons (Fsp3) is 0.462. The van der Waals surface area contributed by atoms with Gasteiger partial charge in [-0.15, -0.1) is 12.4 Å². The maximum atomic E-state index is 11.3. The number of ether oxygens (including phenoxy) is 2. The van der Waals surface area contributed by atoms with E-state index < -0.39 is 5.97 Å². The van der Waals surface area contributed by atoms with Gasteiger partial charge < -0.3 is 19.9 Å². The van der Waals surface area contributed by atoms with E-state index in [4.69, 9.17) is 4.74 Å². The number of aromatic hydroxyl groups is 1. The second-order valence-electron chi connectivity index (χ2n) is 4.24. The fourth-order valence-corrected chi connectivity index (χ4v) is 1.97. The van der Waals surface area contributed by atoms with Gasteiger partial charge in [0.2, 0.25) is 0 Å². The molecule has 1 aliphatic rings. The molecule has 2 N–H and O–H groups in total. The van der Waals surface area contributed by atoms with E-state index >= 15 is 0 Å². The molecule has 0 bridgehead atoms. The summed E-state index contributed by atoms with van der Waals surface area (Å²) in [5.74, 6) is -0.0961. The van der Waals surface area contributed by atoms with Crippen molar-refractivity contribution in [2.45, 2.75) is 18.9 Å². The summed E-state index contributed by atoms with van der Waals surface area (Å²) in [5, 5.41) is 13.0. The van der Waals surface area contributed by atoms with Crippen LogP contribution in [0.3, 0.4) is 0 Å². The maximum absolute atomic E-state index is 11.3. The quantitative estimate of drug-likeness (QED) is 0.829. The van der Waals surface area contributed by atoms with Crippen molar-refractivity contribution in [1.29, 1.82) is 0 Å². The van der Waals surface area contributed by atoms with Crippen molar-refractivity contribution in [3.05, 3.63) is 23.8 Å². The summed E-state index contributed by atoms with van der Waals surface area (Å²) in [4.78, 5) is 11.3. The molecule has 1 aromatic rings. The van der Waals surface area contributed by atoms with Crippen LogP contribution in [0.1, 0.15) is 23.2 Å². The minimum atomic E-state index is -0.555. The highest BCUT2D eigenvalue weighted by Gasteiger charge is 2.16. The van der Waals surface area contributed by atoms with Gasteiger partial charge >= 0.3 is 5.97 Å². The van der Waals surface area contributed by atoms with Crippen LogP contribution in [0, 0.1) is 0 Å². The molecule has 19 heavy (non-hydrogen) atoms. The Morgan fingerprint density at radius 1 is 1.37 bits per heavy atom. The van der Waals surface area contributed by atoms with Crippen molar-refractivity contribution < 1.29 is 19.4 Å². The van der Waals surface area contributed by atoms with Crippen LogP contribution in [0.4, 0.5) is 0 Å². The van der Waals surface area contributed by atoms with Crippen molar-refractivity contribution >= 4 is 18.4 Å². The number of carbonyl (C=O) groups is 1. The van der Waals surface area contributed by atoms with Crippen molar-refractivity contribution in [2.24, 2.45) is 0 Å². The van der Waals surface area contributed by atoms with Gasteiger partial charge in [0.15, 0.2) is 0 Å². The molecule has 2 rings (SSSR count). The zero-order valence-electron chi connectivity index (χ0n) is 10.7. The van der Waals surface area contributed by atoms with E-state index in [0.717, 1.165) is 25.9 Å². The number of nitrogens with one attached hydrogen (secondary N) is 1. The van der Waals surface area contributed by atoms with E-state index in [1.807, 2.05) is 0 Å². The smallest absolute Gasteiger partial charge is 0.341 e. The molecule has 1 heterocycles. The van der Waals surface area contributed by atoms with E-state index in [-0.39, 0.29) is 29.8 Å². The number of phenolic OH excluding ortho intramolecular Hbond substituents is 1. The molecule has 0 unspecified atom stereocenters. The molecule has 0 aromatic heterocycles. The lowest BCUT2D eigenvalue weighted by Crippen LogP contribution is -2.34. The zero-order chi connectivity index (χ0) is 13.0. The van der Waals surface area contributed by atoms with Crippen molar-refractivity contribution in [1.82, 2.24) is 5.32 Å². The van der Waals surface area contributed by atoms with Crippen LogP contribution in [0.5, 0.6) is 11.5 Å². The van der Waals surface area contributed by atoms with Crippen LogP contribution in [0.2, 0.25) is 0 Å². The lowest BCUT2D eigenvalue weighted by Gasteiger charge is -2.23. The number of phenols is 1. The molecule has 0 atom stereocenters. The fourth-order valence-electron chi connectivity index (χ4n) is 1.97. The highest BCUT2D eigenvalue weighted by atomic mass is 35.5. The minimum absolute atomic E-state index is 0. The Labute approximate surface area is 118 Å². The Hall–Kier alpha value is -1.46. The molecule has 0 radical (unpaired) electrons. The Bertz CT molecular complexity index is 433. The number of hydrogen-bond donors (Lipinski definition) is 2. The summed E-state index contributed by atoms with van der Waals surface area (Å²) < 4.78 is 10.3. The first kappa shape index (κ1) is 15.6. The van der Waals surface area contributed by atoms with Crippen LogP contribution in [-0.2, 0) is 4.74 Å². The molecule has 1 fully saturated rings. The largest absolute Gasteiger partial charge is 0.507 e. The first-order chi connectivity index (χ1) is 8.70. The molecule has 0 amide bonds. The number of rotatable bonds is 3. The van der Waals surface area contributed by atoms with Gasteiger partial charge in [-0.25, -0.2) is 4.79 Å². The normalized spacial score (nSPS) is 15.4. The predicted molar refractivity (Wildman–Crippen MR) is 73.2 cm³/mol. The van der Waals surface area contributed by atoms with Crippen molar-refractivity contribution in [2.75, 3.05) is 20.2 Å². The van der Waals surface area contributed by atoms with Crippen LogP contribution >= 0.6 is 12.4 Å². The minimum Gasteiger partial charge on any atom is -0.507 e. The molecule has 5 nitrogen and oxygen atoms in total. The van der Waals surface area contributed by atoms with Gasteiger partial charge in [-0.1, -0.05) is 0 Å². The lowest BCUT2D eigenvalue weighted by atomic mass is 10.1. The van der Waals surface area contributed by atoms with E-state index in [9.17, 15) is 9.90 Å². The second kappa shape index (κ2) is 7.21. The number of halogens is 1. The van der Waals surface area contributed by atoms with E-state index in [1.165, 1.54) is 19.2 Å². The summed E-state index contributed by atoms with van der Waals surface area (Å²) in [6.07, 6.45) is 2.05. The van der Waals surface area contributed by atoms with Gasteiger partial charge in [0, 0.05) is 6.07 Å². The van der Waals surface area contributed by atoms with E-state index in [0.29, 0.717) is 5.75 Å². The number of methoxy groups -OCH3 is 1. The van der Waals surface area contributed by atoms with Crippen molar-refractivity contribution in [3.63, 3.8) is 0 Å². The molecule has 0 spiro atoms. The highest BCUT2D eigenvalue weighted by molar-refractivity contribution is 5.92. The first-order valence-corrected chi connectivity index (χ1v) is 5.99. The van der Waals surface area contributed by atoms with Gasteiger partial charge in [-0.05, 0) is 38.1 Å². The SMILES string of the molecule is COC(=O)c1ccc(OC2CCNCC2)cc1O.Cl. The van der Waals surface area contributed by atoms with Gasteiger partial charge in [0.25, 0.3) is 0 Å². The molecule has 6 heteroatoms. The monoisotopic (exact) mass is 287 g/mol. The van der Waals surface area contributed by atoms with E-state index in [1.54, 1.807) is 6.07 Å². The lowest BCUT2D eigenvalue weighted by molar-refractivity contribution is 0.0597. The molecule has 1 aliphatic heterocycles. The third kappa shape index (κ3) is 4.01. The number of piperidine rings is 1. The molecule has 0 saturated carbocycles. The third-order valence-corrected chi connectivity index (χ3v) is 2.96. The van der Waals surface area contributed by atoms with Gasteiger partial charge in [0.05, 0.1) is 7.11 Å². The Morgan fingerprint density at radius 2 is 2.05 bits per heavy atom. The van der Waals surface area contributed by atoms with Crippen molar-refractivity contribution in [3.8, 4) is 11.5 Å². The van der Waals surface area contributed by atoms with Gasteiger partial charge in [0.1, 0.15) is 23.2 Å². The molecule has 106 valence electrons. The highest BCUT2D eigenvalue weighted by Crippen LogP contribution is 2.26. The standard InChI is InChI=1S/C13H17NO4.ClH/c1-17-13(16)11-3-2-10(8-12(11)15)18-9-4-6-14-7-5-9;/h2-3,8-9,14-15H,4-7H2,1H3;1H. The Morgan fingerprint density at radius 3 is 2.63 bits per heavy atom. The topological polar surface area (TPSA) is 67.8 Å². The van der Waals surface area contributed by atoms with Crippen LogP contribution in [-0.4, -0.2) is 37.4 Å². The van der Waals surface area contributed by atoms with Crippen LogP contribution in [0.25, 0.3) is 0 Å². The van der Waals surface area contributed by atoms with Gasteiger partial charge in [-0.2, -0.15) is 0 Å². The summed E-state index contributed by atoms with van der Waals surface area (Å²) in [5.41, 5.74) is 0.148. The summed E-state index contributed by atoms with van der Waals surface area (Å²) in [6.45, 7) is 1.88. The summed E-state index contributed by atoms with van der Waals surface area (Å²) >= 11 is 0. The van der Waals surface area contributed by atoms with Gasteiger partial charge in [-0.3, -0.25) is 0 Å². The van der Waals surface area contributed by atoms with Crippen LogP contribution in [0.15, 0.2) is 18.2 Å². The maximum Gasteiger partial charge on any atom is 0.341 e. The third-order valence-electron chi connectivity index (χ3n) is 2.96.